The molecule has 0 heterocycles. The molecule has 5 heteroatoms. The van der Waals surface area contributed by atoms with Crippen molar-refractivity contribution in [2.45, 2.75) is 19.3 Å². The molecule has 100 valence electrons. The lowest BCUT2D eigenvalue weighted by molar-refractivity contribution is 0.0696. The van der Waals surface area contributed by atoms with E-state index in [9.17, 15) is 9.90 Å². The van der Waals surface area contributed by atoms with E-state index in [4.69, 9.17) is 14.6 Å². The molecule has 0 aliphatic carbocycles. The van der Waals surface area contributed by atoms with Crippen LogP contribution in [-0.4, -0.2) is 37.0 Å². The van der Waals surface area contributed by atoms with Crippen LogP contribution in [0.3, 0.4) is 0 Å². The van der Waals surface area contributed by atoms with Gasteiger partial charge in [0.2, 0.25) is 0 Å². The van der Waals surface area contributed by atoms with E-state index in [-0.39, 0.29) is 12.2 Å². The van der Waals surface area contributed by atoms with Crippen molar-refractivity contribution >= 4 is 5.97 Å². The van der Waals surface area contributed by atoms with Crippen LogP contribution in [0, 0.1) is 0 Å². The number of aliphatic hydroxyl groups is 1. The summed E-state index contributed by atoms with van der Waals surface area (Å²) in [6.45, 7) is 3.47. The summed E-state index contributed by atoms with van der Waals surface area (Å²) in [5, 5.41) is 18.5. The van der Waals surface area contributed by atoms with E-state index in [1.54, 1.807) is 13.8 Å². The summed E-state index contributed by atoms with van der Waals surface area (Å²) < 4.78 is 10.4. The van der Waals surface area contributed by atoms with Gasteiger partial charge in [0, 0.05) is 11.0 Å². The molecule has 5 nitrogen and oxygen atoms in total. The summed E-state index contributed by atoms with van der Waals surface area (Å²) in [5.41, 5.74) is 0.0813. The molecule has 18 heavy (non-hydrogen) atoms. The lowest BCUT2D eigenvalue weighted by Crippen LogP contribution is -2.23. The number of aliphatic hydroxyl groups excluding tert-OH is 1. The largest absolute Gasteiger partial charge is 0.493 e. The standard InChI is InChI=1S/C13H18O5/c1-13(2,7-14)9-5-8(12(15)16)6-10(17-3)11(9)18-4/h5-6,14H,7H2,1-4H3,(H,15,16). The number of methoxy groups -OCH3 is 2. The fourth-order valence-electron chi connectivity index (χ4n) is 1.68. The fourth-order valence-corrected chi connectivity index (χ4v) is 1.68. The molecule has 0 atom stereocenters. The lowest BCUT2D eigenvalue weighted by atomic mass is 9.83. The van der Waals surface area contributed by atoms with Crippen LogP contribution in [0.25, 0.3) is 0 Å². The Hall–Kier alpha value is -1.75. The first-order chi connectivity index (χ1) is 8.37. The third-order valence-corrected chi connectivity index (χ3v) is 2.85. The van der Waals surface area contributed by atoms with Gasteiger partial charge in [0.15, 0.2) is 11.5 Å². The monoisotopic (exact) mass is 254 g/mol. The highest BCUT2D eigenvalue weighted by atomic mass is 16.5. The number of aromatic carboxylic acids is 1. The van der Waals surface area contributed by atoms with Crippen LogP contribution in [0.15, 0.2) is 12.1 Å². The number of benzene rings is 1. The molecule has 0 aromatic heterocycles. The predicted molar refractivity (Wildman–Crippen MR) is 66.6 cm³/mol. The second kappa shape index (κ2) is 5.27. The predicted octanol–water partition coefficient (Wildman–Crippen LogP) is 1.67. The molecule has 1 aromatic rings. The summed E-state index contributed by atoms with van der Waals surface area (Å²) in [4.78, 5) is 11.1. The van der Waals surface area contributed by atoms with Crippen LogP contribution in [0.4, 0.5) is 0 Å². The smallest absolute Gasteiger partial charge is 0.335 e. The zero-order valence-electron chi connectivity index (χ0n) is 11.0. The SMILES string of the molecule is COc1cc(C(=O)O)cc(C(C)(C)CO)c1OC. The topological polar surface area (TPSA) is 76.0 Å². The highest BCUT2D eigenvalue weighted by Gasteiger charge is 2.27. The van der Waals surface area contributed by atoms with Crippen LogP contribution in [-0.2, 0) is 5.41 Å². The minimum atomic E-state index is -1.05. The Kier molecular flexibility index (Phi) is 4.19. The molecule has 0 spiro atoms. The molecular formula is C13H18O5. The Morgan fingerprint density at radius 3 is 2.28 bits per heavy atom. The Morgan fingerprint density at radius 1 is 1.28 bits per heavy atom. The average Bonchev–Trinajstić information content (AvgIpc) is 2.36. The molecule has 0 fully saturated rings. The maximum Gasteiger partial charge on any atom is 0.335 e. The van der Waals surface area contributed by atoms with Gasteiger partial charge in [0.25, 0.3) is 0 Å². The fraction of sp³-hybridized carbons (Fsp3) is 0.462. The zero-order chi connectivity index (χ0) is 13.9. The van der Waals surface area contributed by atoms with Gasteiger partial charge in [-0.15, -0.1) is 0 Å². The maximum absolute atomic E-state index is 11.1. The van der Waals surface area contributed by atoms with Gasteiger partial charge in [-0.2, -0.15) is 0 Å². The zero-order valence-corrected chi connectivity index (χ0v) is 11.0. The molecule has 0 bridgehead atoms. The van der Waals surface area contributed by atoms with Crippen molar-refractivity contribution in [3.05, 3.63) is 23.3 Å². The highest BCUT2D eigenvalue weighted by molar-refractivity contribution is 5.89. The number of ether oxygens (including phenoxy) is 2. The van der Waals surface area contributed by atoms with E-state index in [1.165, 1.54) is 26.4 Å². The Balaban J connectivity index is 3.55. The minimum Gasteiger partial charge on any atom is -0.493 e. The Bertz CT molecular complexity index is 451. The van der Waals surface area contributed by atoms with Gasteiger partial charge in [0.1, 0.15) is 0 Å². The van der Waals surface area contributed by atoms with Gasteiger partial charge in [-0.05, 0) is 12.1 Å². The van der Waals surface area contributed by atoms with Gasteiger partial charge in [-0.1, -0.05) is 13.8 Å². The second-order valence-electron chi connectivity index (χ2n) is 4.61. The molecule has 0 aliphatic rings. The van der Waals surface area contributed by atoms with Crippen molar-refractivity contribution in [2.24, 2.45) is 0 Å². The number of carboxylic acids is 1. The Morgan fingerprint density at radius 2 is 1.89 bits per heavy atom. The van der Waals surface area contributed by atoms with Crippen LogP contribution in [0.2, 0.25) is 0 Å². The van der Waals surface area contributed by atoms with Crippen LogP contribution in [0.5, 0.6) is 11.5 Å². The van der Waals surface area contributed by atoms with Crippen molar-refractivity contribution < 1.29 is 24.5 Å². The van der Waals surface area contributed by atoms with E-state index < -0.39 is 11.4 Å². The first-order valence-electron chi connectivity index (χ1n) is 5.48. The number of rotatable bonds is 5. The van der Waals surface area contributed by atoms with Crippen molar-refractivity contribution in [2.75, 3.05) is 20.8 Å². The number of hydrogen-bond acceptors (Lipinski definition) is 4. The molecule has 2 N–H and O–H groups in total. The van der Waals surface area contributed by atoms with Crippen molar-refractivity contribution in [3.63, 3.8) is 0 Å². The summed E-state index contributed by atoms with van der Waals surface area (Å²) in [6, 6.07) is 2.90. The van der Waals surface area contributed by atoms with Crippen molar-refractivity contribution in [1.82, 2.24) is 0 Å². The molecule has 0 saturated carbocycles. The summed E-state index contributed by atoms with van der Waals surface area (Å²) >= 11 is 0. The summed E-state index contributed by atoms with van der Waals surface area (Å²) in [5.74, 6) is -0.263. The quantitative estimate of drug-likeness (QED) is 0.836. The van der Waals surface area contributed by atoms with Crippen LogP contribution < -0.4 is 9.47 Å². The molecule has 1 rings (SSSR count). The van der Waals surface area contributed by atoms with Gasteiger partial charge < -0.3 is 19.7 Å². The molecule has 0 radical (unpaired) electrons. The van der Waals surface area contributed by atoms with Gasteiger partial charge in [-0.3, -0.25) is 0 Å². The van der Waals surface area contributed by atoms with Crippen molar-refractivity contribution in [1.29, 1.82) is 0 Å². The minimum absolute atomic E-state index is 0.101. The molecule has 0 aliphatic heterocycles. The van der Waals surface area contributed by atoms with Crippen LogP contribution in [0.1, 0.15) is 29.8 Å². The Labute approximate surface area is 106 Å². The second-order valence-corrected chi connectivity index (χ2v) is 4.61. The number of carbonyl (C=O) groups is 1. The third-order valence-electron chi connectivity index (χ3n) is 2.85. The number of hydrogen-bond donors (Lipinski definition) is 2. The van der Waals surface area contributed by atoms with Crippen LogP contribution >= 0.6 is 0 Å². The van der Waals surface area contributed by atoms with E-state index in [0.717, 1.165) is 0 Å². The summed E-state index contributed by atoms with van der Waals surface area (Å²) in [6.07, 6.45) is 0. The molecule has 0 unspecified atom stereocenters. The summed E-state index contributed by atoms with van der Waals surface area (Å²) in [7, 11) is 2.93. The first kappa shape index (κ1) is 14.3. The molecule has 0 amide bonds. The van der Waals surface area contributed by atoms with Gasteiger partial charge in [-0.25, -0.2) is 4.79 Å². The van der Waals surface area contributed by atoms with E-state index >= 15 is 0 Å². The molecular weight excluding hydrogens is 236 g/mol. The lowest BCUT2D eigenvalue weighted by Gasteiger charge is -2.26. The normalized spacial score (nSPS) is 11.2. The van der Waals surface area contributed by atoms with Gasteiger partial charge in [0.05, 0.1) is 26.4 Å². The van der Waals surface area contributed by atoms with Crippen molar-refractivity contribution in [3.8, 4) is 11.5 Å². The molecule has 0 saturated heterocycles. The van der Waals surface area contributed by atoms with E-state index in [2.05, 4.69) is 0 Å². The number of carboxylic acid groups (broad SMARTS) is 1. The average molecular weight is 254 g/mol. The van der Waals surface area contributed by atoms with Gasteiger partial charge >= 0.3 is 5.97 Å². The van der Waals surface area contributed by atoms with E-state index in [1.807, 2.05) is 0 Å². The van der Waals surface area contributed by atoms with E-state index in [0.29, 0.717) is 17.1 Å². The first-order valence-corrected chi connectivity index (χ1v) is 5.48. The molecule has 1 aromatic carbocycles. The third kappa shape index (κ3) is 2.56. The maximum atomic E-state index is 11.1. The highest BCUT2D eigenvalue weighted by Crippen LogP contribution is 2.39.